The third-order valence-electron chi connectivity index (χ3n) is 4.20. The fraction of sp³-hybridized carbons (Fsp3) is 0.562. The Morgan fingerprint density at radius 3 is 2.72 bits per heavy atom. The second-order valence-electron chi connectivity index (χ2n) is 5.68. The van der Waals surface area contributed by atoms with Crippen LogP contribution in [0.2, 0.25) is 0 Å². The Hall–Kier alpha value is -1.31. The zero-order chi connectivity index (χ0) is 13.2. The van der Waals surface area contributed by atoms with E-state index in [1.807, 2.05) is 13.0 Å². The van der Waals surface area contributed by atoms with Gasteiger partial charge in [0.15, 0.2) is 0 Å². The van der Waals surface area contributed by atoms with Crippen molar-refractivity contribution in [1.29, 1.82) is 0 Å². The number of carbonyl (C=O) groups excluding carboxylic acids is 1. The van der Waals surface area contributed by atoms with Gasteiger partial charge in [0, 0.05) is 11.8 Å². The SMILES string of the molecule is CCC(=O)OC[C@]1(C)C[C@H]1[C@@H](C)c1ccccc1. The standard InChI is InChI=1S/C16H22O2/c1-4-15(17)18-11-16(3)10-14(16)12(2)13-8-6-5-7-9-13/h5-9,12,14H,4,10-11H2,1-3H3/t12-,14-,16-/m0/s1. The molecule has 0 spiro atoms. The van der Waals surface area contributed by atoms with Gasteiger partial charge in [0.25, 0.3) is 0 Å². The van der Waals surface area contributed by atoms with Crippen LogP contribution in [0.4, 0.5) is 0 Å². The largest absolute Gasteiger partial charge is 0.465 e. The minimum atomic E-state index is -0.0887. The fourth-order valence-electron chi connectivity index (χ4n) is 2.73. The van der Waals surface area contributed by atoms with Crippen molar-refractivity contribution in [1.82, 2.24) is 0 Å². The summed E-state index contributed by atoms with van der Waals surface area (Å²) in [6, 6.07) is 10.6. The number of rotatable bonds is 5. The maximum atomic E-state index is 11.2. The van der Waals surface area contributed by atoms with Crippen molar-refractivity contribution in [2.24, 2.45) is 11.3 Å². The van der Waals surface area contributed by atoms with E-state index in [1.54, 1.807) is 0 Å². The number of carbonyl (C=O) groups is 1. The predicted octanol–water partition coefficient (Wildman–Crippen LogP) is 3.77. The minimum Gasteiger partial charge on any atom is -0.465 e. The molecule has 2 heteroatoms. The van der Waals surface area contributed by atoms with Crippen LogP contribution in [0.5, 0.6) is 0 Å². The van der Waals surface area contributed by atoms with Crippen LogP contribution in [0.1, 0.15) is 45.1 Å². The second kappa shape index (κ2) is 5.13. The zero-order valence-electron chi connectivity index (χ0n) is 11.5. The van der Waals surface area contributed by atoms with E-state index in [4.69, 9.17) is 4.74 Å². The Kier molecular flexibility index (Phi) is 3.74. The molecule has 0 aliphatic heterocycles. The summed E-state index contributed by atoms with van der Waals surface area (Å²) in [7, 11) is 0. The van der Waals surface area contributed by atoms with Crippen molar-refractivity contribution in [3.8, 4) is 0 Å². The van der Waals surface area contributed by atoms with Gasteiger partial charge in [-0.1, -0.05) is 51.1 Å². The lowest BCUT2D eigenvalue weighted by atomic mass is 9.91. The van der Waals surface area contributed by atoms with Crippen molar-refractivity contribution in [3.63, 3.8) is 0 Å². The fourth-order valence-corrected chi connectivity index (χ4v) is 2.73. The van der Waals surface area contributed by atoms with E-state index in [1.165, 1.54) is 5.56 Å². The summed E-state index contributed by atoms with van der Waals surface area (Å²) in [6.45, 7) is 6.90. The van der Waals surface area contributed by atoms with E-state index in [2.05, 4.69) is 38.1 Å². The molecule has 0 amide bonds. The topological polar surface area (TPSA) is 26.3 Å². The van der Waals surface area contributed by atoms with Crippen LogP contribution in [-0.4, -0.2) is 12.6 Å². The van der Waals surface area contributed by atoms with Gasteiger partial charge < -0.3 is 4.74 Å². The van der Waals surface area contributed by atoms with Crippen molar-refractivity contribution in [3.05, 3.63) is 35.9 Å². The smallest absolute Gasteiger partial charge is 0.305 e. The number of hydrogen-bond donors (Lipinski definition) is 0. The van der Waals surface area contributed by atoms with E-state index >= 15 is 0 Å². The van der Waals surface area contributed by atoms with Crippen LogP contribution in [-0.2, 0) is 9.53 Å². The molecule has 1 aromatic rings. The highest BCUT2D eigenvalue weighted by atomic mass is 16.5. The molecule has 1 fully saturated rings. The van der Waals surface area contributed by atoms with Gasteiger partial charge in [0.1, 0.15) is 0 Å². The molecule has 3 atom stereocenters. The van der Waals surface area contributed by atoms with Crippen molar-refractivity contribution in [2.45, 2.75) is 39.5 Å². The summed E-state index contributed by atoms with van der Waals surface area (Å²) in [5, 5.41) is 0. The molecule has 98 valence electrons. The summed E-state index contributed by atoms with van der Waals surface area (Å²) in [5.74, 6) is 1.08. The van der Waals surface area contributed by atoms with Crippen LogP contribution in [0, 0.1) is 11.3 Å². The average Bonchev–Trinajstić information content (AvgIpc) is 3.09. The first kappa shape index (κ1) is 13.1. The van der Waals surface area contributed by atoms with Gasteiger partial charge in [0.2, 0.25) is 0 Å². The molecule has 1 aromatic carbocycles. The first-order valence-corrected chi connectivity index (χ1v) is 6.77. The molecule has 0 aromatic heterocycles. The average molecular weight is 246 g/mol. The van der Waals surface area contributed by atoms with Crippen LogP contribution < -0.4 is 0 Å². The number of hydrogen-bond acceptors (Lipinski definition) is 2. The molecule has 2 nitrogen and oxygen atoms in total. The van der Waals surface area contributed by atoms with Crippen LogP contribution in [0.25, 0.3) is 0 Å². The van der Waals surface area contributed by atoms with Gasteiger partial charge in [0.05, 0.1) is 6.61 Å². The van der Waals surface area contributed by atoms with E-state index in [0.29, 0.717) is 24.9 Å². The van der Waals surface area contributed by atoms with Gasteiger partial charge in [-0.3, -0.25) is 4.79 Å². The summed E-state index contributed by atoms with van der Waals surface area (Å²) in [6.07, 6.45) is 1.62. The van der Waals surface area contributed by atoms with Gasteiger partial charge in [-0.05, 0) is 23.8 Å². The monoisotopic (exact) mass is 246 g/mol. The molecule has 18 heavy (non-hydrogen) atoms. The summed E-state index contributed by atoms with van der Waals surface area (Å²) < 4.78 is 5.30. The third kappa shape index (κ3) is 2.74. The normalized spacial score (nSPS) is 27.6. The second-order valence-corrected chi connectivity index (χ2v) is 5.68. The molecular formula is C16H22O2. The van der Waals surface area contributed by atoms with E-state index in [9.17, 15) is 4.79 Å². The summed E-state index contributed by atoms with van der Waals surface area (Å²) in [4.78, 5) is 11.2. The van der Waals surface area contributed by atoms with Gasteiger partial charge in [-0.25, -0.2) is 0 Å². The molecule has 0 saturated heterocycles. The molecule has 0 radical (unpaired) electrons. The molecule has 1 aliphatic rings. The van der Waals surface area contributed by atoms with Crippen molar-refractivity contribution in [2.75, 3.05) is 6.61 Å². The molecule has 0 bridgehead atoms. The van der Waals surface area contributed by atoms with Crippen LogP contribution in [0.3, 0.4) is 0 Å². The maximum Gasteiger partial charge on any atom is 0.305 e. The molecular weight excluding hydrogens is 224 g/mol. The lowest BCUT2D eigenvalue weighted by Crippen LogP contribution is -2.15. The highest BCUT2D eigenvalue weighted by Gasteiger charge is 2.53. The lowest BCUT2D eigenvalue weighted by Gasteiger charge is -2.17. The number of esters is 1. The van der Waals surface area contributed by atoms with E-state index < -0.39 is 0 Å². The zero-order valence-corrected chi connectivity index (χ0v) is 11.5. The summed E-state index contributed by atoms with van der Waals surface area (Å²) in [5.41, 5.74) is 1.56. The molecule has 0 heterocycles. The third-order valence-corrected chi connectivity index (χ3v) is 4.20. The Balaban J connectivity index is 1.91. The molecule has 1 saturated carbocycles. The first-order valence-electron chi connectivity index (χ1n) is 6.77. The Morgan fingerprint density at radius 2 is 2.11 bits per heavy atom. The van der Waals surface area contributed by atoms with E-state index in [0.717, 1.165) is 6.42 Å². The van der Waals surface area contributed by atoms with Crippen molar-refractivity contribution < 1.29 is 9.53 Å². The van der Waals surface area contributed by atoms with E-state index in [-0.39, 0.29) is 11.4 Å². The minimum absolute atomic E-state index is 0.0887. The lowest BCUT2D eigenvalue weighted by molar-refractivity contribution is -0.145. The van der Waals surface area contributed by atoms with Gasteiger partial charge in [-0.15, -0.1) is 0 Å². The molecule has 1 aliphatic carbocycles. The highest BCUT2D eigenvalue weighted by molar-refractivity contribution is 5.68. The Bertz CT molecular complexity index is 412. The van der Waals surface area contributed by atoms with Gasteiger partial charge in [-0.2, -0.15) is 0 Å². The maximum absolute atomic E-state index is 11.2. The van der Waals surface area contributed by atoms with Crippen LogP contribution in [0.15, 0.2) is 30.3 Å². The van der Waals surface area contributed by atoms with Crippen molar-refractivity contribution >= 4 is 5.97 Å². The predicted molar refractivity (Wildman–Crippen MR) is 72.3 cm³/mol. The number of ether oxygens (including phenoxy) is 1. The molecule has 0 N–H and O–H groups in total. The van der Waals surface area contributed by atoms with Crippen LogP contribution >= 0.6 is 0 Å². The Morgan fingerprint density at radius 1 is 1.44 bits per heavy atom. The first-order chi connectivity index (χ1) is 8.57. The molecule has 0 unspecified atom stereocenters. The quantitative estimate of drug-likeness (QED) is 0.739. The van der Waals surface area contributed by atoms with Gasteiger partial charge >= 0.3 is 5.97 Å². The Labute approximate surface area is 109 Å². The summed E-state index contributed by atoms with van der Waals surface area (Å²) >= 11 is 0. The highest BCUT2D eigenvalue weighted by Crippen LogP contribution is 2.58. The molecule has 2 rings (SSSR count). The number of benzene rings is 1.